The van der Waals surface area contributed by atoms with Gasteiger partial charge < -0.3 is 10.6 Å². The second-order valence-electron chi connectivity index (χ2n) is 8.72. The van der Waals surface area contributed by atoms with Crippen LogP contribution in [0.4, 0.5) is 17.1 Å². The van der Waals surface area contributed by atoms with Crippen molar-refractivity contribution in [2.24, 2.45) is 0 Å². The molecule has 0 fully saturated rings. The van der Waals surface area contributed by atoms with Crippen LogP contribution in [0.25, 0.3) is 0 Å². The molecule has 0 bridgehead atoms. The van der Waals surface area contributed by atoms with Gasteiger partial charge in [-0.1, -0.05) is 85.8 Å². The quantitative estimate of drug-likeness (QED) is 0.366. The summed E-state index contributed by atoms with van der Waals surface area (Å²) in [5.41, 5.74) is 8.70. The highest BCUT2D eigenvalue weighted by molar-refractivity contribution is 5.73. The number of fused-ring (bicyclic) bond motifs is 1. The Bertz CT molecular complexity index is 1170. The molecule has 2 nitrogen and oxygen atoms in total. The summed E-state index contributed by atoms with van der Waals surface area (Å²) in [4.78, 5) is 0. The van der Waals surface area contributed by atoms with E-state index in [0.29, 0.717) is 0 Å². The normalized spacial score (nSPS) is 19.9. The number of nitrogens with one attached hydrogen (secondary N) is 2. The first-order valence-corrected chi connectivity index (χ1v) is 11.0. The molecule has 0 amide bonds. The molecule has 31 heavy (non-hydrogen) atoms. The van der Waals surface area contributed by atoms with Crippen molar-refractivity contribution >= 4 is 17.1 Å². The fourth-order valence-electron chi connectivity index (χ4n) is 4.88. The number of para-hydroxylation sites is 1. The van der Waals surface area contributed by atoms with E-state index < -0.39 is 0 Å². The average molecular weight is 405 g/mol. The third-order valence-corrected chi connectivity index (χ3v) is 6.54. The lowest BCUT2D eigenvalue weighted by Crippen LogP contribution is -2.35. The highest BCUT2D eigenvalue weighted by Gasteiger charge is 2.39. The van der Waals surface area contributed by atoms with Gasteiger partial charge in [0.05, 0.1) is 6.04 Å². The molecule has 4 aromatic rings. The zero-order chi connectivity index (χ0) is 21.3. The fraction of sp³-hybridized carbons (Fsp3) is 0.172. The van der Waals surface area contributed by atoms with Gasteiger partial charge in [-0.05, 0) is 59.9 Å². The molecule has 0 radical (unpaired) electrons. The molecule has 154 valence electrons. The van der Waals surface area contributed by atoms with Gasteiger partial charge in [0.25, 0.3) is 0 Å². The Morgan fingerprint density at radius 1 is 0.774 bits per heavy atom. The number of hydrogen-bond donors (Lipinski definition) is 2. The van der Waals surface area contributed by atoms with E-state index in [1.54, 1.807) is 0 Å². The molecule has 1 heterocycles. The van der Waals surface area contributed by atoms with Crippen LogP contribution in [0.5, 0.6) is 0 Å². The van der Waals surface area contributed by atoms with E-state index in [4.69, 9.17) is 0 Å². The minimum Gasteiger partial charge on any atom is -0.378 e. The molecule has 1 aliphatic heterocycles. The Labute approximate surface area is 185 Å². The van der Waals surface area contributed by atoms with Crippen LogP contribution >= 0.6 is 0 Å². The van der Waals surface area contributed by atoms with E-state index >= 15 is 0 Å². The van der Waals surface area contributed by atoms with E-state index in [1.165, 1.54) is 27.9 Å². The SMILES string of the molecule is Cc1cc(Nc2ccccc2)cc2c1NC(c1ccccc1)CC2(C)c1ccccc1. The summed E-state index contributed by atoms with van der Waals surface area (Å²) in [6.07, 6.45) is 1.00. The van der Waals surface area contributed by atoms with Crippen molar-refractivity contribution in [3.8, 4) is 0 Å². The van der Waals surface area contributed by atoms with Crippen LogP contribution in [0.3, 0.4) is 0 Å². The maximum atomic E-state index is 3.87. The van der Waals surface area contributed by atoms with Gasteiger partial charge in [0.1, 0.15) is 0 Å². The molecule has 0 aromatic heterocycles. The smallest absolute Gasteiger partial charge is 0.0525 e. The zero-order valence-corrected chi connectivity index (χ0v) is 18.1. The van der Waals surface area contributed by atoms with Crippen molar-refractivity contribution in [2.45, 2.75) is 31.7 Å². The Kier molecular flexibility index (Phi) is 4.99. The van der Waals surface area contributed by atoms with Crippen LogP contribution in [0.15, 0.2) is 103 Å². The highest BCUT2D eigenvalue weighted by atomic mass is 15.0. The van der Waals surface area contributed by atoms with Crippen molar-refractivity contribution in [3.05, 3.63) is 125 Å². The number of benzene rings is 4. The van der Waals surface area contributed by atoms with Crippen LogP contribution in [-0.4, -0.2) is 0 Å². The maximum Gasteiger partial charge on any atom is 0.0525 e. The van der Waals surface area contributed by atoms with Gasteiger partial charge >= 0.3 is 0 Å². The molecule has 5 rings (SSSR count). The Morgan fingerprint density at radius 2 is 1.39 bits per heavy atom. The molecule has 2 heteroatoms. The maximum absolute atomic E-state index is 3.87. The molecule has 0 spiro atoms. The molecule has 0 aliphatic carbocycles. The number of anilines is 3. The first-order chi connectivity index (χ1) is 15.1. The molecule has 4 aromatic carbocycles. The summed E-state index contributed by atoms with van der Waals surface area (Å²) in [7, 11) is 0. The lowest BCUT2D eigenvalue weighted by Gasteiger charge is -2.43. The van der Waals surface area contributed by atoms with Gasteiger partial charge in [0.15, 0.2) is 0 Å². The van der Waals surface area contributed by atoms with Gasteiger partial charge in [-0.3, -0.25) is 0 Å². The standard InChI is InChI=1S/C29H28N2/c1-21-18-25(30-24-16-10-5-11-17-24)19-26-28(21)31-27(22-12-6-3-7-13-22)20-29(26,2)23-14-8-4-9-15-23/h3-19,27,30-31H,20H2,1-2H3. The van der Waals surface area contributed by atoms with Gasteiger partial charge in [0.2, 0.25) is 0 Å². The van der Waals surface area contributed by atoms with Crippen molar-refractivity contribution < 1.29 is 0 Å². The van der Waals surface area contributed by atoms with Crippen molar-refractivity contribution in [2.75, 3.05) is 10.6 Å². The number of rotatable bonds is 4. The highest BCUT2D eigenvalue weighted by Crippen LogP contribution is 2.50. The summed E-state index contributed by atoms with van der Waals surface area (Å²) < 4.78 is 0. The Morgan fingerprint density at radius 3 is 2.06 bits per heavy atom. The summed E-state index contributed by atoms with van der Waals surface area (Å²) in [5, 5.41) is 7.47. The Hall–Kier alpha value is -3.52. The summed E-state index contributed by atoms with van der Waals surface area (Å²) in [6, 6.07) is 37.0. The number of aryl methyl sites for hydroxylation is 1. The molecular formula is C29H28N2. The largest absolute Gasteiger partial charge is 0.378 e. The average Bonchev–Trinajstić information content (AvgIpc) is 2.81. The monoisotopic (exact) mass is 404 g/mol. The van der Waals surface area contributed by atoms with Gasteiger partial charge in [-0.2, -0.15) is 0 Å². The van der Waals surface area contributed by atoms with E-state index in [0.717, 1.165) is 17.8 Å². The fourth-order valence-corrected chi connectivity index (χ4v) is 4.88. The molecule has 1 aliphatic rings. The van der Waals surface area contributed by atoms with Gasteiger partial charge in [0, 0.05) is 22.5 Å². The number of hydrogen-bond acceptors (Lipinski definition) is 2. The summed E-state index contributed by atoms with van der Waals surface area (Å²) in [5.74, 6) is 0. The minimum atomic E-state index is -0.0957. The molecule has 0 saturated carbocycles. The Balaban J connectivity index is 1.63. The zero-order valence-electron chi connectivity index (χ0n) is 18.1. The third kappa shape index (κ3) is 3.70. The second-order valence-corrected chi connectivity index (χ2v) is 8.72. The predicted octanol–water partition coefficient (Wildman–Crippen LogP) is 7.60. The van der Waals surface area contributed by atoms with E-state index in [-0.39, 0.29) is 11.5 Å². The lowest BCUT2D eigenvalue weighted by molar-refractivity contribution is 0.459. The summed E-state index contributed by atoms with van der Waals surface area (Å²) in [6.45, 7) is 4.60. The first kappa shape index (κ1) is 19.4. The molecular weight excluding hydrogens is 376 g/mol. The van der Waals surface area contributed by atoms with Crippen LogP contribution in [0.1, 0.15) is 41.6 Å². The van der Waals surface area contributed by atoms with Gasteiger partial charge in [-0.15, -0.1) is 0 Å². The van der Waals surface area contributed by atoms with Crippen LogP contribution in [0, 0.1) is 6.92 Å². The first-order valence-electron chi connectivity index (χ1n) is 11.0. The van der Waals surface area contributed by atoms with Crippen LogP contribution in [-0.2, 0) is 5.41 Å². The van der Waals surface area contributed by atoms with Crippen molar-refractivity contribution in [1.82, 2.24) is 0 Å². The van der Waals surface area contributed by atoms with Crippen LogP contribution in [0.2, 0.25) is 0 Å². The molecule has 2 atom stereocenters. The lowest BCUT2D eigenvalue weighted by atomic mass is 9.67. The second kappa shape index (κ2) is 7.96. The molecule has 2 unspecified atom stereocenters. The molecule has 2 N–H and O–H groups in total. The van der Waals surface area contributed by atoms with Crippen molar-refractivity contribution in [3.63, 3.8) is 0 Å². The van der Waals surface area contributed by atoms with Crippen LogP contribution < -0.4 is 10.6 Å². The van der Waals surface area contributed by atoms with Crippen molar-refractivity contribution in [1.29, 1.82) is 0 Å². The minimum absolute atomic E-state index is 0.0957. The van der Waals surface area contributed by atoms with E-state index in [2.05, 4.69) is 122 Å². The van der Waals surface area contributed by atoms with E-state index in [9.17, 15) is 0 Å². The third-order valence-electron chi connectivity index (χ3n) is 6.54. The molecule has 0 saturated heterocycles. The topological polar surface area (TPSA) is 24.1 Å². The van der Waals surface area contributed by atoms with E-state index in [1.807, 2.05) is 6.07 Å². The predicted molar refractivity (Wildman–Crippen MR) is 131 cm³/mol. The summed E-state index contributed by atoms with van der Waals surface area (Å²) >= 11 is 0. The van der Waals surface area contributed by atoms with Gasteiger partial charge in [-0.25, -0.2) is 0 Å².